The Kier molecular flexibility index (Phi) is 3.42. The van der Waals surface area contributed by atoms with Crippen molar-refractivity contribution in [2.24, 2.45) is 5.92 Å². The highest BCUT2D eigenvalue weighted by atomic mass is 16.3. The maximum absolute atomic E-state index is 5.33. The molecule has 0 aliphatic rings. The second kappa shape index (κ2) is 5.37. The van der Waals surface area contributed by atoms with E-state index >= 15 is 0 Å². The number of benzene rings is 1. The molecule has 1 aromatic carbocycles. The number of fused-ring (bicyclic) bond motifs is 1. The third-order valence-electron chi connectivity index (χ3n) is 3.17. The van der Waals surface area contributed by atoms with E-state index in [4.69, 9.17) is 9.40 Å². The van der Waals surface area contributed by atoms with Crippen molar-refractivity contribution in [3.8, 4) is 0 Å². The third kappa shape index (κ3) is 2.52. The Morgan fingerprint density at radius 3 is 2.75 bits per heavy atom. The Balaban J connectivity index is 2.04. The summed E-state index contributed by atoms with van der Waals surface area (Å²) >= 11 is 0. The van der Waals surface area contributed by atoms with Crippen LogP contribution in [0.5, 0.6) is 0 Å². The van der Waals surface area contributed by atoms with Gasteiger partial charge >= 0.3 is 0 Å². The van der Waals surface area contributed by atoms with Gasteiger partial charge in [0.2, 0.25) is 0 Å². The summed E-state index contributed by atoms with van der Waals surface area (Å²) in [4.78, 5) is 4.70. The van der Waals surface area contributed by atoms with Crippen molar-refractivity contribution in [1.82, 2.24) is 9.55 Å². The molecule has 0 aliphatic heterocycles. The number of aromatic nitrogens is 2. The van der Waals surface area contributed by atoms with E-state index in [1.165, 1.54) is 5.52 Å². The van der Waals surface area contributed by atoms with Gasteiger partial charge in [-0.1, -0.05) is 26.0 Å². The maximum Gasteiger partial charge on any atom is 0.133 e. The minimum Gasteiger partial charge on any atom is -0.465 e. The van der Waals surface area contributed by atoms with Crippen molar-refractivity contribution in [3.63, 3.8) is 0 Å². The summed E-state index contributed by atoms with van der Waals surface area (Å²) in [5.41, 5.74) is 2.22. The number of para-hydroxylation sites is 2. The Labute approximate surface area is 118 Å². The second-order valence-corrected chi connectivity index (χ2v) is 5.31. The van der Waals surface area contributed by atoms with Crippen LogP contribution in [0.25, 0.3) is 23.2 Å². The predicted octanol–water partition coefficient (Wildman–Crippen LogP) is 4.46. The van der Waals surface area contributed by atoms with Gasteiger partial charge in [0, 0.05) is 6.54 Å². The maximum atomic E-state index is 5.33. The van der Waals surface area contributed by atoms with Crippen molar-refractivity contribution in [2.75, 3.05) is 0 Å². The first kappa shape index (κ1) is 12.7. The molecular formula is C17H18N2O. The lowest BCUT2D eigenvalue weighted by Gasteiger charge is -2.09. The molecule has 0 radical (unpaired) electrons. The van der Waals surface area contributed by atoms with Crippen molar-refractivity contribution >= 4 is 23.2 Å². The fraction of sp³-hybridized carbons (Fsp3) is 0.235. The summed E-state index contributed by atoms with van der Waals surface area (Å²) in [5, 5.41) is 0. The second-order valence-electron chi connectivity index (χ2n) is 5.31. The summed E-state index contributed by atoms with van der Waals surface area (Å²) < 4.78 is 7.59. The van der Waals surface area contributed by atoms with E-state index in [9.17, 15) is 0 Å². The van der Waals surface area contributed by atoms with Crippen molar-refractivity contribution in [1.29, 1.82) is 0 Å². The van der Waals surface area contributed by atoms with Gasteiger partial charge in [0.15, 0.2) is 0 Å². The molecule has 0 N–H and O–H groups in total. The average Bonchev–Trinajstić information content (AvgIpc) is 3.04. The number of hydrogen-bond donors (Lipinski definition) is 0. The molecular weight excluding hydrogens is 248 g/mol. The molecule has 0 saturated carbocycles. The molecule has 0 spiro atoms. The Hall–Kier alpha value is -2.29. The first-order valence-electron chi connectivity index (χ1n) is 6.91. The van der Waals surface area contributed by atoms with E-state index in [0.29, 0.717) is 5.92 Å². The molecule has 3 aromatic rings. The molecule has 0 saturated heterocycles. The Morgan fingerprint density at radius 2 is 2.00 bits per heavy atom. The summed E-state index contributed by atoms with van der Waals surface area (Å²) in [6.45, 7) is 5.39. The third-order valence-corrected chi connectivity index (χ3v) is 3.17. The van der Waals surface area contributed by atoms with Crippen LogP contribution in [-0.2, 0) is 6.54 Å². The molecule has 2 aromatic heterocycles. The number of furan rings is 1. The number of rotatable bonds is 4. The summed E-state index contributed by atoms with van der Waals surface area (Å²) in [5.74, 6) is 2.38. The van der Waals surface area contributed by atoms with Crippen LogP contribution in [0.1, 0.15) is 25.4 Å². The predicted molar refractivity (Wildman–Crippen MR) is 82.2 cm³/mol. The average molecular weight is 266 g/mol. The van der Waals surface area contributed by atoms with Gasteiger partial charge in [-0.15, -0.1) is 0 Å². The molecule has 2 heterocycles. The van der Waals surface area contributed by atoms with E-state index in [0.717, 1.165) is 23.6 Å². The zero-order valence-corrected chi connectivity index (χ0v) is 11.8. The van der Waals surface area contributed by atoms with E-state index in [2.05, 4.69) is 36.6 Å². The molecule has 0 unspecified atom stereocenters. The van der Waals surface area contributed by atoms with Gasteiger partial charge in [-0.25, -0.2) is 4.98 Å². The largest absolute Gasteiger partial charge is 0.465 e. The van der Waals surface area contributed by atoms with Crippen LogP contribution in [0.2, 0.25) is 0 Å². The topological polar surface area (TPSA) is 31.0 Å². The van der Waals surface area contributed by atoms with E-state index in [1.54, 1.807) is 6.26 Å². The van der Waals surface area contributed by atoms with Crippen LogP contribution in [0.4, 0.5) is 0 Å². The van der Waals surface area contributed by atoms with E-state index in [-0.39, 0.29) is 0 Å². The SMILES string of the molecule is CC(C)Cn1c(/C=C/c2ccco2)nc2ccccc21. The first-order chi connectivity index (χ1) is 9.74. The lowest BCUT2D eigenvalue weighted by atomic mass is 10.2. The van der Waals surface area contributed by atoms with Gasteiger partial charge < -0.3 is 8.98 Å². The molecule has 102 valence electrons. The number of imidazole rings is 1. The fourth-order valence-corrected chi connectivity index (χ4v) is 2.32. The monoisotopic (exact) mass is 266 g/mol. The Morgan fingerprint density at radius 1 is 1.15 bits per heavy atom. The smallest absolute Gasteiger partial charge is 0.133 e. The van der Waals surface area contributed by atoms with Gasteiger partial charge in [-0.3, -0.25) is 0 Å². The van der Waals surface area contributed by atoms with Crippen molar-refractivity contribution in [2.45, 2.75) is 20.4 Å². The highest BCUT2D eigenvalue weighted by Gasteiger charge is 2.09. The summed E-state index contributed by atoms with van der Waals surface area (Å²) in [6.07, 6.45) is 5.65. The van der Waals surface area contributed by atoms with Crippen LogP contribution in [0.3, 0.4) is 0 Å². The zero-order valence-electron chi connectivity index (χ0n) is 11.8. The summed E-state index contributed by atoms with van der Waals surface area (Å²) in [7, 11) is 0. The standard InChI is InChI=1S/C17H18N2O/c1-13(2)12-19-16-8-4-3-7-15(16)18-17(19)10-9-14-6-5-11-20-14/h3-11,13H,12H2,1-2H3/b10-9+. The van der Waals surface area contributed by atoms with Gasteiger partial charge in [-0.05, 0) is 42.3 Å². The van der Waals surface area contributed by atoms with E-state index in [1.807, 2.05) is 30.4 Å². The van der Waals surface area contributed by atoms with Gasteiger partial charge in [0.05, 0.1) is 17.3 Å². The van der Waals surface area contributed by atoms with E-state index < -0.39 is 0 Å². The molecule has 3 nitrogen and oxygen atoms in total. The lowest BCUT2D eigenvalue weighted by Crippen LogP contribution is -2.06. The summed E-state index contributed by atoms with van der Waals surface area (Å²) in [6, 6.07) is 12.1. The molecule has 0 fully saturated rings. The minimum atomic E-state index is 0.573. The molecule has 0 amide bonds. The molecule has 0 bridgehead atoms. The molecule has 0 atom stereocenters. The lowest BCUT2D eigenvalue weighted by molar-refractivity contribution is 0.530. The highest BCUT2D eigenvalue weighted by Crippen LogP contribution is 2.19. The molecule has 0 aliphatic carbocycles. The number of hydrogen-bond acceptors (Lipinski definition) is 2. The van der Waals surface area contributed by atoms with Crippen molar-refractivity contribution in [3.05, 3.63) is 54.2 Å². The minimum absolute atomic E-state index is 0.573. The Bertz CT molecular complexity index is 721. The molecule has 3 heteroatoms. The van der Waals surface area contributed by atoms with Crippen LogP contribution in [0, 0.1) is 5.92 Å². The zero-order chi connectivity index (χ0) is 13.9. The molecule has 20 heavy (non-hydrogen) atoms. The van der Waals surface area contributed by atoms with Crippen LogP contribution in [-0.4, -0.2) is 9.55 Å². The van der Waals surface area contributed by atoms with Gasteiger partial charge in [0.1, 0.15) is 11.6 Å². The quantitative estimate of drug-likeness (QED) is 0.698. The fourth-order valence-electron chi connectivity index (χ4n) is 2.32. The van der Waals surface area contributed by atoms with Crippen molar-refractivity contribution < 1.29 is 4.42 Å². The molecule has 3 rings (SSSR count). The highest BCUT2D eigenvalue weighted by molar-refractivity contribution is 5.79. The van der Waals surface area contributed by atoms with Gasteiger partial charge in [-0.2, -0.15) is 0 Å². The van der Waals surface area contributed by atoms with Crippen LogP contribution >= 0.6 is 0 Å². The number of nitrogens with zero attached hydrogens (tertiary/aromatic N) is 2. The first-order valence-corrected chi connectivity index (χ1v) is 6.91. The van der Waals surface area contributed by atoms with Crippen LogP contribution < -0.4 is 0 Å². The van der Waals surface area contributed by atoms with Gasteiger partial charge in [0.25, 0.3) is 0 Å². The normalized spacial score (nSPS) is 11.9. The van der Waals surface area contributed by atoms with Crippen LogP contribution in [0.15, 0.2) is 47.1 Å².